The second-order valence-corrected chi connectivity index (χ2v) is 4.66. The van der Waals surface area contributed by atoms with Crippen molar-refractivity contribution >= 4 is 17.9 Å². The Morgan fingerprint density at radius 2 is 1.58 bits per heavy atom. The average Bonchev–Trinajstić information content (AvgIpc) is 2.57. The first-order valence-electron chi connectivity index (χ1n) is 7.64. The second kappa shape index (κ2) is 10.9. The number of carbonyl (C=O) groups excluding carboxylic acids is 3. The molecule has 0 aliphatic carbocycles. The number of carbonyl (C=O) groups is 3. The predicted octanol–water partition coefficient (Wildman–Crippen LogP) is 1.24. The summed E-state index contributed by atoms with van der Waals surface area (Å²) in [6, 6.07) is 6.12. The highest BCUT2D eigenvalue weighted by Gasteiger charge is 2.11. The van der Waals surface area contributed by atoms with Gasteiger partial charge in [0.05, 0.1) is 6.61 Å². The first kappa shape index (κ1) is 19.3. The van der Waals surface area contributed by atoms with Gasteiger partial charge in [-0.05, 0) is 37.6 Å². The van der Waals surface area contributed by atoms with Crippen LogP contribution in [0.25, 0.3) is 0 Å². The Bertz CT molecular complexity index is 544. The summed E-state index contributed by atoms with van der Waals surface area (Å²) in [7, 11) is 0. The van der Waals surface area contributed by atoms with Gasteiger partial charge < -0.3 is 19.5 Å². The molecule has 0 atom stereocenters. The zero-order valence-electron chi connectivity index (χ0n) is 13.8. The number of imide groups is 1. The molecule has 0 aliphatic rings. The molecule has 0 fully saturated rings. The molecule has 8 heteroatoms. The number of hydrogen-bond acceptors (Lipinski definition) is 6. The zero-order valence-corrected chi connectivity index (χ0v) is 13.8. The van der Waals surface area contributed by atoms with Crippen LogP contribution < -0.4 is 20.1 Å². The van der Waals surface area contributed by atoms with Crippen LogP contribution in [0, 0.1) is 0 Å². The fourth-order valence-corrected chi connectivity index (χ4v) is 1.57. The van der Waals surface area contributed by atoms with E-state index in [4.69, 9.17) is 14.2 Å². The van der Waals surface area contributed by atoms with Gasteiger partial charge in [0, 0.05) is 6.54 Å². The fraction of sp³-hybridized carbons (Fsp3) is 0.438. The number of nitrogens with one attached hydrogen (secondary N) is 2. The van der Waals surface area contributed by atoms with Crippen molar-refractivity contribution in [3.63, 3.8) is 0 Å². The van der Waals surface area contributed by atoms with Crippen LogP contribution in [0.2, 0.25) is 0 Å². The lowest BCUT2D eigenvalue weighted by atomic mass is 10.3. The largest absolute Gasteiger partial charge is 0.494 e. The Labute approximate surface area is 140 Å². The van der Waals surface area contributed by atoms with E-state index in [9.17, 15) is 14.4 Å². The lowest BCUT2D eigenvalue weighted by Crippen LogP contribution is -2.41. The molecule has 0 radical (unpaired) electrons. The average molecular weight is 338 g/mol. The Hall–Kier alpha value is -2.77. The number of hydrogen-bond donors (Lipinski definition) is 2. The SMILES string of the molecule is CCCNC(=O)NC(=O)COC(=O)COc1ccc(OCC)cc1. The summed E-state index contributed by atoms with van der Waals surface area (Å²) in [5.74, 6) is -0.254. The fourth-order valence-electron chi connectivity index (χ4n) is 1.57. The van der Waals surface area contributed by atoms with Gasteiger partial charge in [-0.25, -0.2) is 9.59 Å². The van der Waals surface area contributed by atoms with E-state index in [1.165, 1.54) is 0 Å². The van der Waals surface area contributed by atoms with Crippen molar-refractivity contribution in [3.8, 4) is 11.5 Å². The van der Waals surface area contributed by atoms with E-state index in [1.54, 1.807) is 24.3 Å². The maximum atomic E-state index is 11.5. The summed E-state index contributed by atoms with van der Waals surface area (Å²) < 4.78 is 15.2. The molecule has 0 aliphatic heterocycles. The van der Waals surface area contributed by atoms with E-state index in [0.29, 0.717) is 24.7 Å². The van der Waals surface area contributed by atoms with Crippen LogP contribution in [0.5, 0.6) is 11.5 Å². The molecule has 24 heavy (non-hydrogen) atoms. The molecule has 0 unspecified atom stereocenters. The molecule has 0 saturated heterocycles. The van der Waals surface area contributed by atoms with Crippen LogP contribution in [0.4, 0.5) is 4.79 Å². The van der Waals surface area contributed by atoms with Crippen LogP contribution in [-0.2, 0) is 14.3 Å². The minimum atomic E-state index is -0.715. The van der Waals surface area contributed by atoms with E-state index >= 15 is 0 Å². The van der Waals surface area contributed by atoms with Crippen LogP contribution in [0.1, 0.15) is 20.3 Å². The molecule has 8 nitrogen and oxygen atoms in total. The van der Waals surface area contributed by atoms with Gasteiger partial charge in [0.15, 0.2) is 13.2 Å². The quantitative estimate of drug-likeness (QED) is 0.657. The lowest BCUT2D eigenvalue weighted by molar-refractivity contribution is -0.150. The molecule has 132 valence electrons. The predicted molar refractivity (Wildman–Crippen MR) is 85.9 cm³/mol. The number of benzene rings is 1. The van der Waals surface area contributed by atoms with Crippen molar-refractivity contribution in [1.29, 1.82) is 0 Å². The van der Waals surface area contributed by atoms with Gasteiger partial charge in [-0.1, -0.05) is 6.92 Å². The van der Waals surface area contributed by atoms with E-state index in [0.717, 1.165) is 6.42 Å². The van der Waals surface area contributed by atoms with Crippen molar-refractivity contribution < 1.29 is 28.6 Å². The maximum absolute atomic E-state index is 11.5. The van der Waals surface area contributed by atoms with Gasteiger partial charge in [-0.15, -0.1) is 0 Å². The minimum Gasteiger partial charge on any atom is -0.494 e. The topological polar surface area (TPSA) is 103 Å². The van der Waals surface area contributed by atoms with Crippen molar-refractivity contribution in [2.75, 3.05) is 26.4 Å². The number of ether oxygens (including phenoxy) is 3. The van der Waals surface area contributed by atoms with E-state index < -0.39 is 24.5 Å². The summed E-state index contributed by atoms with van der Waals surface area (Å²) in [6.45, 7) is 3.88. The number of amides is 3. The first-order chi connectivity index (χ1) is 11.5. The van der Waals surface area contributed by atoms with Gasteiger partial charge in [-0.3, -0.25) is 10.1 Å². The molecular formula is C16H22N2O6. The Kier molecular flexibility index (Phi) is 8.73. The molecular weight excluding hydrogens is 316 g/mol. The molecule has 1 aromatic carbocycles. The van der Waals surface area contributed by atoms with E-state index in [-0.39, 0.29) is 6.61 Å². The van der Waals surface area contributed by atoms with Crippen LogP contribution in [0.15, 0.2) is 24.3 Å². The van der Waals surface area contributed by atoms with Crippen molar-refractivity contribution in [2.45, 2.75) is 20.3 Å². The Morgan fingerprint density at radius 1 is 0.958 bits per heavy atom. The van der Waals surface area contributed by atoms with Crippen molar-refractivity contribution in [1.82, 2.24) is 10.6 Å². The zero-order chi connectivity index (χ0) is 17.8. The molecule has 1 aromatic rings. The number of esters is 1. The van der Waals surface area contributed by atoms with Crippen LogP contribution in [0.3, 0.4) is 0 Å². The third-order valence-corrected chi connectivity index (χ3v) is 2.64. The monoisotopic (exact) mass is 338 g/mol. The smallest absolute Gasteiger partial charge is 0.344 e. The maximum Gasteiger partial charge on any atom is 0.344 e. The summed E-state index contributed by atoms with van der Waals surface area (Å²) in [4.78, 5) is 34.1. The third-order valence-electron chi connectivity index (χ3n) is 2.64. The first-order valence-corrected chi connectivity index (χ1v) is 7.64. The van der Waals surface area contributed by atoms with Crippen molar-refractivity contribution in [2.24, 2.45) is 0 Å². The van der Waals surface area contributed by atoms with Crippen LogP contribution >= 0.6 is 0 Å². The molecule has 0 aromatic heterocycles. The Morgan fingerprint density at radius 3 is 2.17 bits per heavy atom. The third kappa shape index (κ3) is 8.02. The molecule has 0 saturated carbocycles. The van der Waals surface area contributed by atoms with Crippen molar-refractivity contribution in [3.05, 3.63) is 24.3 Å². The molecule has 0 bridgehead atoms. The van der Waals surface area contributed by atoms with Gasteiger partial charge in [-0.2, -0.15) is 0 Å². The highest BCUT2D eigenvalue weighted by Crippen LogP contribution is 2.17. The number of urea groups is 1. The highest BCUT2D eigenvalue weighted by molar-refractivity contribution is 5.95. The van der Waals surface area contributed by atoms with Gasteiger partial charge in [0.1, 0.15) is 11.5 Å². The highest BCUT2D eigenvalue weighted by atomic mass is 16.6. The molecule has 3 amide bonds. The van der Waals surface area contributed by atoms with Crippen LogP contribution in [-0.4, -0.2) is 44.3 Å². The van der Waals surface area contributed by atoms with Gasteiger partial charge in [0.2, 0.25) is 0 Å². The van der Waals surface area contributed by atoms with E-state index in [1.807, 2.05) is 19.2 Å². The molecule has 1 rings (SSSR count). The minimum absolute atomic E-state index is 0.344. The molecule has 0 spiro atoms. The Balaban J connectivity index is 2.23. The standard InChI is InChI=1S/C16H22N2O6/c1-3-9-17-16(21)18-14(19)10-24-15(20)11-23-13-7-5-12(6-8-13)22-4-2/h5-8H,3-4,9-11H2,1-2H3,(H2,17,18,19,21). The second-order valence-electron chi connectivity index (χ2n) is 4.66. The lowest BCUT2D eigenvalue weighted by Gasteiger charge is -2.08. The molecule has 2 N–H and O–H groups in total. The normalized spacial score (nSPS) is 9.75. The van der Waals surface area contributed by atoms with Gasteiger partial charge >= 0.3 is 12.0 Å². The van der Waals surface area contributed by atoms with E-state index in [2.05, 4.69) is 5.32 Å². The van der Waals surface area contributed by atoms with Gasteiger partial charge in [0.25, 0.3) is 5.91 Å². The summed E-state index contributed by atoms with van der Waals surface area (Å²) >= 11 is 0. The summed E-state index contributed by atoms with van der Waals surface area (Å²) in [5, 5.41) is 4.51. The number of rotatable bonds is 9. The summed E-state index contributed by atoms with van der Waals surface area (Å²) in [6.07, 6.45) is 0.749. The molecule has 0 heterocycles. The summed E-state index contributed by atoms with van der Waals surface area (Å²) in [5.41, 5.74) is 0.